The van der Waals surface area contributed by atoms with E-state index in [1.165, 1.54) is 14.2 Å². The van der Waals surface area contributed by atoms with Crippen LogP contribution in [0.5, 0.6) is 0 Å². The minimum atomic E-state index is -4.39. The molecular weight excluding hydrogens is 229 g/mol. The van der Waals surface area contributed by atoms with Crippen molar-refractivity contribution in [1.82, 2.24) is 0 Å². The highest BCUT2D eigenvalue weighted by molar-refractivity contribution is 6.60. The summed E-state index contributed by atoms with van der Waals surface area (Å²) in [4.78, 5) is 0. The average Bonchev–Trinajstić information content (AvgIpc) is 2.16. The number of hydrogen-bond acceptors (Lipinski definition) is 3. The molecule has 0 N–H and O–H groups in total. The van der Waals surface area contributed by atoms with Gasteiger partial charge in [0.1, 0.15) is 0 Å². The van der Waals surface area contributed by atoms with Crippen LogP contribution in [-0.4, -0.2) is 34.8 Å². The number of rotatable bonds is 2. The number of alkyl halides is 3. The lowest BCUT2D eigenvalue weighted by atomic mass is 10.0. The second-order valence-corrected chi connectivity index (χ2v) is 6.66. The Morgan fingerprint density at radius 3 is 2.20 bits per heavy atom. The Morgan fingerprint density at radius 1 is 1.27 bits per heavy atom. The molecule has 1 aliphatic heterocycles. The third-order valence-electron chi connectivity index (χ3n) is 2.74. The highest BCUT2D eigenvalue weighted by atomic mass is 28.4. The summed E-state index contributed by atoms with van der Waals surface area (Å²) < 4.78 is 53.3. The van der Waals surface area contributed by atoms with Crippen molar-refractivity contribution < 1.29 is 26.4 Å². The summed E-state index contributed by atoms with van der Waals surface area (Å²) in [6.07, 6.45) is -4.02. The van der Waals surface area contributed by atoms with Gasteiger partial charge < -0.3 is 13.3 Å². The van der Waals surface area contributed by atoms with E-state index in [0.717, 1.165) is 6.92 Å². The average molecular weight is 244 g/mol. The van der Waals surface area contributed by atoms with E-state index < -0.39 is 20.6 Å². The molecule has 90 valence electrons. The molecule has 0 radical (unpaired) electrons. The van der Waals surface area contributed by atoms with Gasteiger partial charge in [-0.25, -0.2) is 0 Å². The fraction of sp³-hybridized carbons (Fsp3) is 1.00. The highest BCUT2D eigenvalue weighted by Gasteiger charge is 2.60. The molecule has 15 heavy (non-hydrogen) atoms. The molecule has 0 aliphatic carbocycles. The van der Waals surface area contributed by atoms with Crippen molar-refractivity contribution in [2.75, 3.05) is 14.2 Å². The van der Waals surface area contributed by atoms with Crippen LogP contribution in [0.1, 0.15) is 19.8 Å². The number of hydrogen-bond donors (Lipinski definition) is 0. The van der Waals surface area contributed by atoms with Gasteiger partial charge in [0.05, 0.1) is 0 Å². The van der Waals surface area contributed by atoms with Gasteiger partial charge in [-0.05, 0) is 19.8 Å². The van der Waals surface area contributed by atoms with E-state index in [1.54, 1.807) is 0 Å². The fourth-order valence-corrected chi connectivity index (χ4v) is 4.02. The Balaban J connectivity index is 2.88. The minimum Gasteiger partial charge on any atom is -0.377 e. The summed E-state index contributed by atoms with van der Waals surface area (Å²) in [5.41, 5.74) is -2.14. The Hall–Kier alpha value is -0.113. The largest absolute Gasteiger partial charge is 0.501 e. The zero-order valence-electron chi connectivity index (χ0n) is 8.98. The van der Waals surface area contributed by atoms with E-state index in [4.69, 9.17) is 13.3 Å². The van der Waals surface area contributed by atoms with Crippen LogP contribution in [0.15, 0.2) is 0 Å². The molecule has 0 bridgehead atoms. The molecule has 1 heterocycles. The quantitative estimate of drug-likeness (QED) is 0.698. The predicted molar refractivity (Wildman–Crippen MR) is 49.4 cm³/mol. The summed E-state index contributed by atoms with van der Waals surface area (Å²) in [7, 11) is -0.433. The molecular formula is C8H15F3O3Si. The Morgan fingerprint density at radius 2 is 1.80 bits per heavy atom. The van der Waals surface area contributed by atoms with Gasteiger partial charge in [0.15, 0.2) is 5.60 Å². The zero-order valence-corrected chi connectivity index (χ0v) is 9.98. The van der Waals surface area contributed by atoms with Gasteiger partial charge in [0.2, 0.25) is 0 Å². The van der Waals surface area contributed by atoms with Crippen LogP contribution in [0.25, 0.3) is 0 Å². The van der Waals surface area contributed by atoms with E-state index in [1.807, 2.05) is 0 Å². The monoisotopic (exact) mass is 244 g/mol. The van der Waals surface area contributed by atoms with E-state index in [9.17, 15) is 13.2 Å². The SMILES string of the molecule is CO[Si]1(OC)CCCC(C)(C(F)(F)F)O1. The minimum absolute atomic E-state index is 0.0437. The summed E-state index contributed by atoms with van der Waals surface area (Å²) in [5, 5.41) is 0. The molecule has 0 aromatic carbocycles. The van der Waals surface area contributed by atoms with Crippen molar-refractivity contribution in [2.24, 2.45) is 0 Å². The van der Waals surface area contributed by atoms with E-state index in [0.29, 0.717) is 12.5 Å². The number of halogens is 3. The zero-order chi connectivity index (χ0) is 11.7. The van der Waals surface area contributed by atoms with Gasteiger partial charge in [0, 0.05) is 20.3 Å². The molecule has 1 fully saturated rings. The van der Waals surface area contributed by atoms with Crippen molar-refractivity contribution in [1.29, 1.82) is 0 Å². The standard InChI is InChI=1S/C8H15F3O3Si/c1-7(8(9,10)11)5-4-6-15(12-2,13-3)14-7/h4-6H2,1-3H3. The summed E-state index contributed by atoms with van der Waals surface area (Å²) in [6.45, 7) is 1.05. The molecule has 0 amide bonds. The predicted octanol–water partition coefficient (Wildman–Crippen LogP) is 2.35. The van der Waals surface area contributed by atoms with Gasteiger partial charge in [-0.1, -0.05) is 0 Å². The smallest absolute Gasteiger partial charge is 0.377 e. The van der Waals surface area contributed by atoms with Crippen LogP contribution < -0.4 is 0 Å². The first-order chi connectivity index (χ1) is 6.79. The first kappa shape index (κ1) is 13.0. The van der Waals surface area contributed by atoms with Gasteiger partial charge >= 0.3 is 15.0 Å². The Labute approximate surface area is 87.9 Å². The molecule has 0 aromatic heterocycles. The molecule has 0 aromatic rings. The van der Waals surface area contributed by atoms with Crippen molar-refractivity contribution in [2.45, 2.75) is 37.6 Å². The van der Waals surface area contributed by atoms with Crippen molar-refractivity contribution in [3.8, 4) is 0 Å². The third kappa shape index (κ3) is 2.35. The second kappa shape index (κ2) is 4.04. The Kier molecular flexibility index (Phi) is 3.49. The van der Waals surface area contributed by atoms with E-state index in [-0.39, 0.29) is 6.42 Å². The van der Waals surface area contributed by atoms with Crippen LogP contribution in [0.4, 0.5) is 13.2 Å². The molecule has 0 spiro atoms. The van der Waals surface area contributed by atoms with Crippen LogP contribution in [0.2, 0.25) is 6.04 Å². The summed E-state index contributed by atoms with van der Waals surface area (Å²) >= 11 is 0. The van der Waals surface area contributed by atoms with Crippen LogP contribution in [0, 0.1) is 0 Å². The maximum Gasteiger partial charge on any atom is 0.501 e. The van der Waals surface area contributed by atoms with Crippen molar-refractivity contribution in [3.63, 3.8) is 0 Å². The normalized spacial score (nSPS) is 31.6. The maximum atomic E-state index is 12.7. The fourth-order valence-electron chi connectivity index (χ4n) is 1.66. The first-order valence-electron chi connectivity index (χ1n) is 4.66. The molecule has 3 nitrogen and oxygen atoms in total. The van der Waals surface area contributed by atoms with Crippen molar-refractivity contribution >= 4 is 8.80 Å². The third-order valence-corrected chi connectivity index (χ3v) is 5.71. The van der Waals surface area contributed by atoms with E-state index >= 15 is 0 Å². The van der Waals surface area contributed by atoms with Crippen LogP contribution >= 0.6 is 0 Å². The van der Waals surface area contributed by atoms with E-state index in [2.05, 4.69) is 0 Å². The van der Waals surface area contributed by atoms with Gasteiger partial charge in [-0.2, -0.15) is 13.2 Å². The first-order valence-corrected chi connectivity index (χ1v) is 6.59. The highest BCUT2D eigenvalue weighted by Crippen LogP contribution is 2.44. The molecule has 1 unspecified atom stereocenters. The van der Waals surface area contributed by atoms with Crippen LogP contribution in [0.3, 0.4) is 0 Å². The molecule has 7 heteroatoms. The topological polar surface area (TPSA) is 27.7 Å². The molecule has 1 rings (SSSR count). The molecule has 1 aliphatic rings. The second-order valence-electron chi connectivity index (χ2n) is 3.78. The Bertz CT molecular complexity index is 230. The molecule has 1 atom stereocenters. The van der Waals surface area contributed by atoms with Gasteiger partial charge in [-0.3, -0.25) is 0 Å². The lowest BCUT2D eigenvalue weighted by Gasteiger charge is -2.43. The molecule has 0 saturated carbocycles. The lowest BCUT2D eigenvalue weighted by molar-refractivity contribution is -0.261. The lowest BCUT2D eigenvalue weighted by Crippen LogP contribution is -2.59. The summed E-state index contributed by atoms with van der Waals surface area (Å²) in [5.74, 6) is 0. The van der Waals surface area contributed by atoms with Crippen molar-refractivity contribution in [3.05, 3.63) is 0 Å². The summed E-state index contributed by atoms with van der Waals surface area (Å²) in [6, 6.07) is 0.436. The van der Waals surface area contributed by atoms with Gasteiger partial charge in [0.25, 0.3) is 0 Å². The van der Waals surface area contributed by atoms with Gasteiger partial charge in [-0.15, -0.1) is 0 Å². The van der Waals surface area contributed by atoms with Crippen LogP contribution in [-0.2, 0) is 13.3 Å². The molecule has 1 saturated heterocycles. The maximum absolute atomic E-state index is 12.7.